The number of nitrogens with one attached hydrogen (secondary N) is 1. The van der Waals surface area contributed by atoms with Crippen molar-refractivity contribution in [1.82, 2.24) is 0 Å². The van der Waals surface area contributed by atoms with Gasteiger partial charge in [-0.05, 0) is 67.6 Å². The van der Waals surface area contributed by atoms with Crippen LogP contribution in [0.25, 0.3) is 0 Å². The Morgan fingerprint density at radius 3 is 2.64 bits per heavy atom. The maximum atomic E-state index is 12.8. The molecule has 7 heteroatoms. The molecule has 0 radical (unpaired) electrons. The molecule has 2 aromatic rings. The molecule has 3 rings (SSSR count). The molecule has 0 aromatic heterocycles. The summed E-state index contributed by atoms with van der Waals surface area (Å²) in [6.07, 6.45) is 2.49. The number of rotatable bonds is 5. The SMILES string of the molecule is CCOC(=O)c1ccc(NC(=O)C2Cc3cc(SC)ccc3C(=O)CS2)cc1. The Kier molecular flexibility index (Phi) is 6.80. The zero-order valence-corrected chi connectivity index (χ0v) is 17.3. The first-order valence-corrected chi connectivity index (χ1v) is 11.2. The summed E-state index contributed by atoms with van der Waals surface area (Å²) in [7, 11) is 0. The molecule has 5 nitrogen and oxygen atoms in total. The van der Waals surface area contributed by atoms with Crippen molar-refractivity contribution in [1.29, 1.82) is 0 Å². The monoisotopic (exact) mass is 415 g/mol. The minimum Gasteiger partial charge on any atom is -0.462 e. The Balaban J connectivity index is 1.72. The van der Waals surface area contributed by atoms with E-state index in [9.17, 15) is 14.4 Å². The number of fused-ring (bicyclic) bond motifs is 1. The van der Waals surface area contributed by atoms with Crippen molar-refractivity contribution in [2.24, 2.45) is 0 Å². The summed E-state index contributed by atoms with van der Waals surface area (Å²) in [5.74, 6) is -0.198. The van der Waals surface area contributed by atoms with Crippen LogP contribution in [0.3, 0.4) is 0 Å². The summed E-state index contributed by atoms with van der Waals surface area (Å²) < 4.78 is 4.96. The standard InChI is InChI=1S/C21H21NO4S2/c1-3-26-21(25)13-4-6-15(7-5-13)22-20(24)19-11-14-10-16(27-2)8-9-17(14)18(23)12-28-19/h4-10,19H,3,11-12H2,1-2H3,(H,22,24). The zero-order valence-electron chi connectivity index (χ0n) is 15.7. The molecule has 0 spiro atoms. The summed E-state index contributed by atoms with van der Waals surface area (Å²) in [4.78, 5) is 37.9. The lowest BCUT2D eigenvalue weighted by Crippen LogP contribution is -2.27. The van der Waals surface area contributed by atoms with Gasteiger partial charge in [-0.15, -0.1) is 23.5 Å². The first kappa shape index (κ1) is 20.5. The van der Waals surface area contributed by atoms with Crippen LogP contribution in [-0.4, -0.2) is 41.5 Å². The highest BCUT2D eigenvalue weighted by molar-refractivity contribution is 8.01. The predicted molar refractivity (Wildman–Crippen MR) is 114 cm³/mol. The number of Topliss-reactive ketones (excluding diaryl/α,β-unsaturated/α-hetero) is 1. The smallest absolute Gasteiger partial charge is 0.338 e. The maximum absolute atomic E-state index is 12.8. The summed E-state index contributed by atoms with van der Waals surface area (Å²) >= 11 is 2.97. The van der Waals surface area contributed by atoms with Gasteiger partial charge in [-0.2, -0.15) is 0 Å². The van der Waals surface area contributed by atoms with Crippen molar-refractivity contribution in [2.75, 3.05) is 23.9 Å². The second-order valence-electron chi connectivity index (χ2n) is 6.24. The molecule has 0 saturated heterocycles. The minimum absolute atomic E-state index is 0.0572. The van der Waals surface area contributed by atoms with E-state index in [1.165, 1.54) is 11.8 Å². The molecule has 1 unspecified atom stereocenters. The number of carbonyl (C=O) groups is 3. The van der Waals surface area contributed by atoms with E-state index in [1.54, 1.807) is 43.0 Å². The van der Waals surface area contributed by atoms with Gasteiger partial charge < -0.3 is 10.1 Å². The molecule has 0 fully saturated rings. The molecular weight excluding hydrogens is 394 g/mol. The second kappa shape index (κ2) is 9.30. The van der Waals surface area contributed by atoms with E-state index in [-0.39, 0.29) is 28.7 Å². The van der Waals surface area contributed by atoms with Crippen molar-refractivity contribution in [3.05, 3.63) is 59.2 Å². The fourth-order valence-electron chi connectivity index (χ4n) is 2.95. The average molecular weight is 416 g/mol. The van der Waals surface area contributed by atoms with Crippen LogP contribution in [0.15, 0.2) is 47.4 Å². The molecule has 1 atom stereocenters. The molecular formula is C21H21NO4S2. The van der Waals surface area contributed by atoms with Crippen LogP contribution < -0.4 is 5.32 Å². The molecule has 1 aliphatic rings. The lowest BCUT2D eigenvalue weighted by molar-refractivity contribution is -0.115. The fourth-order valence-corrected chi connectivity index (χ4v) is 4.43. The van der Waals surface area contributed by atoms with Crippen molar-refractivity contribution in [2.45, 2.75) is 23.5 Å². The number of benzene rings is 2. The average Bonchev–Trinajstić information content (AvgIpc) is 2.87. The topological polar surface area (TPSA) is 72.5 Å². The van der Waals surface area contributed by atoms with Gasteiger partial charge in [0, 0.05) is 16.1 Å². The van der Waals surface area contributed by atoms with E-state index in [0.29, 0.717) is 29.8 Å². The van der Waals surface area contributed by atoms with Crippen molar-refractivity contribution in [3.63, 3.8) is 0 Å². The Morgan fingerprint density at radius 1 is 1.21 bits per heavy atom. The van der Waals surface area contributed by atoms with Gasteiger partial charge in [0.1, 0.15) is 0 Å². The number of hydrogen-bond acceptors (Lipinski definition) is 6. The van der Waals surface area contributed by atoms with Crippen LogP contribution in [0.1, 0.15) is 33.2 Å². The predicted octanol–water partition coefficient (Wildman–Crippen LogP) is 4.06. The quantitative estimate of drug-likeness (QED) is 0.586. The number of hydrogen-bond donors (Lipinski definition) is 1. The molecule has 1 aliphatic heterocycles. The highest BCUT2D eigenvalue weighted by Gasteiger charge is 2.27. The van der Waals surface area contributed by atoms with Crippen LogP contribution in [0.4, 0.5) is 5.69 Å². The van der Waals surface area contributed by atoms with Crippen molar-refractivity contribution < 1.29 is 19.1 Å². The third-order valence-corrected chi connectivity index (χ3v) is 6.33. The lowest BCUT2D eigenvalue weighted by atomic mass is 10.00. The van der Waals surface area contributed by atoms with E-state index in [2.05, 4.69) is 5.32 Å². The number of ether oxygens (including phenoxy) is 1. The van der Waals surface area contributed by atoms with Crippen molar-refractivity contribution in [3.8, 4) is 0 Å². The summed E-state index contributed by atoms with van der Waals surface area (Å²) in [6, 6.07) is 12.4. The molecule has 0 aliphatic carbocycles. The molecule has 2 aromatic carbocycles. The van der Waals surface area contributed by atoms with E-state index in [1.807, 2.05) is 24.5 Å². The Hall–Kier alpha value is -2.25. The van der Waals surface area contributed by atoms with Crippen LogP contribution in [0, 0.1) is 0 Å². The first-order chi connectivity index (χ1) is 13.5. The van der Waals surface area contributed by atoms with Gasteiger partial charge in [-0.3, -0.25) is 9.59 Å². The number of anilines is 1. The molecule has 146 valence electrons. The molecule has 1 heterocycles. The van der Waals surface area contributed by atoms with E-state index in [0.717, 1.165) is 10.5 Å². The molecule has 1 N–H and O–H groups in total. The third-order valence-electron chi connectivity index (χ3n) is 4.39. The van der Waals surface area contributed by atoms with Crippen molar-refractivity contribution >= 4 is 46.9 Å². The van der Waals surface area contributed by atoms with E-state index < -0.39 is 0 Å². The van der Waals surface area contributed by atoms with Gasteiger partial charge in [0.2, 0.25) is 5.91 Å². The summed E-state index contributed by atoms with van der Waals surface area (Å²) in [5, 5.41) is 2.53. The highest BCUT2D eigenvalue weighted by Crippen LogP contribution is 2.29. The Bertz CT molecular complexity index is 896. The minimum atomic E-state index is -0.389. The number of ketones is 1. The Labute approximate surface area is 172 Å². The Morgan fingerprint density at radius 2 is 1.96 bits per heavy atom. The second-order valence-corrected chi connectivity index (χ2v) is 8.31. The van der Waals surface area contributed by atoms with Gasteiger partial charge in [-0.25, -0.2) is 4.79 Å². The number of carbonyl (C=O) groups excluding carboxylic acids is 3. The number of thioether (sulfide) groups is 2. The normalized spacial score (nSPS) is 16.1. The number of amides is 1. The number of esters is 1. The fraction of sp³-hybridized carbons (Fsp3) is 0.286. The van der Waals surface area contributed by atoms with Crippen LogP contribution in [0.2, 0.25) is 0 Å². The summed E-state index contributed by atoms with van der Waals surface area (Å²) in [5.41, 5.74) is 2.67. The van der Waals surface area contributed by atoms with Gasteiger partial charge in [0.05, 0.1) is 23.2 Å². The van der Waals surface area contributed by atoms with Crippen LogP contribution >= 0.6 is 23.5 Å². The molecule has 1 amide bonds. The van der Waals surface area contributed by atoms with Gasteiger partial charge in [0.25, 0.3) is 0 Å². The molecule has 28 heavy (non-hydrogen) atoms. The van der Waals surface area contributed by atoms with E-state index >= 15 is 0 Å². The van der Waals surface area contributed by atoms with Gasteiger partial charge in [-0.1, -0.05) is 0 Å². The molecule has 0 saturated carbocycles. The van der Waals surface area contributed by atoms with Gasteiger partial charge >= 0.3 is 5.97 Å². The largest absolute Gasteiger partial charge is 0.462 e. The first-order valence-electron chi connectivity index (χ1n) is 8.91. The third kappa shape index (κ3) is 4.77. The highest BCUT2D eigenvalue weighted by atomic mass is 32.2. The lowest BCUT2D eigenvalue weighted by Gasteiger charge is -2.15. The zero-order chi connectivity index (χ0) is 20.1. The van der Waals surface area contributed by atoms with E-state index in [4.69, 9.17) is 4.74 Å². The van der Waals surface area contributed by atoms with Crippen LogP contribution in [-0.2, 0) is 16.0 Å². The summed E-state index contributed by atoms with van der Waals surface area (Å²) in [6.45, 7) is 2.07. The maximum Gasteiger partial charge on any atom is 0.338 e. The van der Waals surface area contributed by atoms with Crippen LogP contribution in [0.5, 0.6) is 0 Å². The van der Waals surface area contributed by atoms with Gasteiger partial charge in [0.15, 0.2) is 5.78 Å². The molecule has 0 bridgehead atoms.